The van der Waals surface area contributed by atoms with E-state index in [-0.39, 0.29) is 12.6 Å². The van der Waals surface area contributed by atoms with E-state index in [0.29, 0.717) is 11.4 Å². The average Bonchev–Trinajstić information content (AvgIpc) is 2.99. The zero-order chi connectivity index (χ0) is 14.1. The summed E-state index contributed by atoms with van der Waals surface area (Å²) in [5.41, 5.74) is 7.70. The molecule has 0 bridgehead atoms. The minimum absolute atomic E-state index is 0.272. The Labute approximate surface area is 120 Å². The topological polar surface area (TPSA) is 57.2 Å². The van der Waals surface area contributed by atoms with Crippen molar-refractivity contribution in [2.24, 2.45) is 7.05 Å². The van der Waals surface area contributed by atoms with Crippen molar-refractivity contribution < 1.29 is 9.53 Å². The van der Waals surface area contributed by atoms with Crippen LogP contribution in [0.2, 0.25) is 0 Å². The first kappa shape index (κ1) is 12.7. The number of esters is 1. The van der Waals surface area contributed by atoms with Crippen LogP contribution in [0.25, 0.3) is 10.1 Å². The van der Waals surface area contributed by atoms with Gasteiger partial charge < -0.3 is 15.0 Å². The fourth-order valence-corrected chi connectivity index (χ4v) is 3.10. The number of hydrogen-bond acceptors (Lipinski definition) is 4. The molecule has 3 rings (SSSR count). The highest BCUT2D eigenvalue weighted by atomic mass is 32.1. The quantitative estimate of drug-likeness (QED) is 0.752. The molecule has 2 aromatic heterocycles. The van der Waals surface area contributed by atoms with Crippen LogP contribution in [0, 0.1) is 0 Å². The standard InChI is InChI=1S/C15H14N2O2S/c1-17-7-11(16)6-13(17)15(18)19-8-10-9-20-14-5-3-2-4-12(10)14/h2-7,9H,8,16H2,1H3. The number of rotatable bonds is 3. The van der Waals surface area contributed by atoms with Crippen molar-refractivity contribution in [3.8, 4) is 0 Å². The van der Waals surface area contributed by atoms with Crippen LogP contribution >= 0.6 is 11.3 Å². The fourth-order valence-electron chi connectivity index (χ4n) is 2.15. The SMILES string of the molecule is Cn1cc(N)cc1C(=O)OCc1csc2ccccc12. The summed E-state index contributed by atoms with van der Waals surface area (Å²) in [6.45, 7) is 0.272. The van der Waals surface area contributed by atoms with Crippen molar-refractivity contribution in [1.82, 2.24) is 4.57 Å². The van der Waals surface area contributed by atoms with Gasteiger partial charge >= 0.3 is 5.97 Å². The number of fused-ring (bicyclic) bond motifs is 1. The number of aryl methyl sites for hydroxylation is 1. The number of nitrogen functional groups attached to an aromatic ring is 1. The lowest BCUT2D eigenvalue weighted by Gasteiger charge is -2.05. The lowest BCUT2D eigenvalue weighted by Crippen LogP contribution is -2.09. The molecule has 0 amide bonds. The third kappa shape index (κ3) is 2.28. The third-order valence-electron chi connectivity index (χ3n) is 3.16. The Morgan fingerprint density at radius 1 is 1.40 bits per heavy atom. The highest BCUT2D eigenvalue weighted by Gasteiger charge is 2.13. The molecule has 2 heterocycles. The smallest absolute Gasteiger partial charge is 0.355 e. The lowest BCUT2D eigenvalue weighted by atomic mass is 10.2. The van der Waals surface area contributed by atoms with E-state index < -0.39 is 0 Å². The first-order valence-corrected chi connectivity index (χ1v) is 7.07. The van der Waals surface area contributed by atoms with E-state index in [1.807, 2.05) is 23.6 Å². The van der Waals surface area contributed by atoms with Gasteiger partial charge in [0.15, 0.2) is 0 Å². The van der Waals surface area contributed by atoms with Crippen molar-refractivity contribution in [1.29, 1.82) is 0 Å². The molecule has 0 saturated heterocycles. The van der Waals surface area contributed by atoms with Crippen molar-refractivity contribution in [3.63, 3.8) is 0 Å². The molecule has 0 spiro atoms. The van der Waals surface area contributed by atoms with E-state index in [0.717, 1.165) is 10.9 Å². The molecule has 1 aromatic carbocycles. The van der Waals surface area contributed by atoms with Gasteiger partial charge in [-0.15, -0.1) is 11.3 Å². The van der Waals surface area contributed by atoms with Gasteiger partial charge in [0.1, 0.15) is 12.3 Å². The maximum Gasteiger partial charge on any atom is 0.355 e. The number of hydrogen-bond donors (Lipinski definition) is 1. The summed E-state index contributed by atoms with van der Waals surface area (Å²) < 4.78 is 8.23. The van der Waals surface area contributed by atoms with Gasteiger partial charge in [-0.05, 0) is 22.9 Å². The fraction of sp³-hybridized carbons (Fsp3) is 0.133. The van der Waals surface area contributed by atoms with Crippen LogP contribution < -0.4 is 5.73 Å². The molecule has 0 aliphatic carbocycles. The summed E-state index contributed by atoms with van der Waals surface area (Å²) in [5.74, 6) is -0.362. The molecule has 0 aliphatic heterocycles. The number of carbonyl (C=O) groups is 1. The summed E-state index contributed by atoms with van der Waals surface area (Å²) in [4.78, 5) is 12.0. The van der Waals surface area contributed by atoms with Crippen LogP contribution in [0.5, 0.6) is 0 Å². The van der Waals surface area contributed by atoms with Crippen LogP contribution in [0.4, 0.5) is 5.69 Å². The Morgan fingerprint density at radius 3 is 2.95 bits per heavy atom. The molecule has 0 aliphatic rings. The average molecular weight is 286 g/mol. The van der Waals surface area contributed by atoms with E-state index in [9.17, 15) is 4.79 Å². The summed E-state index contributed by atoms with van der Waals surface area (Å²) in [6, 6.07) is 9.70. The summed E-state index contributed by atoms with van der Waals surface area (Å²) >= 11 is 1.65. The Kier molecular flexibility index (Phi) is 3.20. The van der Waals surface area contributed by atoms with Gasteiger partial charge in [0.2, 0.25) is 0 Å². The van der Waals surface area contributed by atoms with Crippen LogP contribution in [-0.2, 0) is 18.4 Å². The maximum atomic E-state index is 12.0. The van der Waals surface area contributed by atoms with Gasteiger partial charge in [-0.25, -0.2) is 4.79 Å². The van der Waals surface area contributed by atoms with Crippen molar-refractivity contribution in [2.45, 2.75) is 6.61 Å². The normalized spacial score (nSPS) is 10.8. The highest BCUT2D eigenvalue weighted by molar-refractivity contribution is 7.17. The predicted octanol–water partition coefficient (Wildman–Crippen LogP) is 3.18. The zero-order valence-corrected chi connectivity index (χ0v) is 11.8. The number of nitrogens with two attached hydrogens (primary N) is 1. The van der Waals surface area contributed by atoms with E-state index in [1.165, 1.54) is 4.70 Å². The summed E-state index contributed by atoms with van der Waals surface area (Å²) in [5, 5.41) is 3.16. The molecule has 2 N–H and O–H groups in total. The molecule has 0 saturated carbocycles. The predicted molar refractivity (Wildman–Crippen MR) is 80.8 cm³/mol. The van der Waals surface area contributed by atoms with E-state index in [2.05, 4.69) is 6.07 Å². The van der Waals surface area contributed by atoms with Gasteiger partial charge in [-0.2, -0.15) is 0 Å². The molecule has 0 radical (unpaired) electrons. The van der Waals surface area contributed by atoms with Crippen molar-refractivity contribution >= 4 is 33.1 Å². The second kappa shape index (κ2) is 5.02. The molecule has 102 valence electrons. The Balaban J connectivity index is 1.76. The monoisotopic (exact) mass is 286 g/mol. The van der Waals surface area contributed by atoms with Crippen LogP contribution in [0.3, 0.4) is 0 Å². The number of benzene rings is 1. The van der Waals surface area contributed by atoms with Crippen molar-refractivity contribution in [3.05, 3.63) is 53.2 Å². The maximum absolute atomic E-state index is 12.0. The molecular formula is C15H14N2O2S. The number of nitrogens with zero attached hydrogens (tertiary/aromatic N) is 1. The molecule has 4 nitrogen and oxygen atoms in total. The van der Waals surface area contributed by atoms with E-state index in [1.54, 1.807) is 35.2 Å². The van der Waals surface area contributed by atoms with Crippen molar-refractivity contribution in [2.75, 3.05) is 5.73 Å². The molecular weight excluding hydrogens is 272 g/mol. The van der Waals surface area contributed by atoms with Gasteiger partial charge in [0, 0.05) is 23.5 Å². The first-order chi connectivity index (χ1) is 9.65. The molecule has 3 aromatic rings. The molecule has 0 fully saturated rings. The van der Waals surface area contributed by atoms with Gasteiger partial charge in [0.25, 0.3) is 0 Å². The second-order valence-corrected chi connectivity index (χ2v) is 5.51. The minimum atomic E-state index is -0.362. The zero-order valence-electron chi connectivity index (χ0n) is 11.0. The van der Waals surface area contributed by atoms with E-state index in [4.69, 9.17) is 10.5 Å². The van der Waals surface area contributed by atoms with Crippen LogP contribution in [0.15, 0.2) is 41.9 Å². The third-order valence-corrected chi connectivity index (χ3v) is 4.17. The van der Waals surface area contributed by atoms with E-state index >= 15 is 0 Å². The lowest BCUT2D eigenvalue weighted by molar-refractivity contribution is 0.0463. The summed E-state index contributed by atoms with van der Waals surface area (Å²) in [7, 11) is 1.77. The number of thiophene rings is 1. The van der Waals surface area contributed by atoms with Crippen LogP contribution in [-0.4, -0.2) is 10.5 Å². The summed E-state index contributed by atoms with van der Waals surface area (Å²) in [6.07, 6.45) is 1.69. The Hall–Kier alpha value is -2.27. The highest BCUT2D eigenvalue weighted by Crippen LogP contribution is 2.26. The minimum Gasteiger partial charge on any atom is -0.456 e. The molecule has 5 heteroatoms. The molecule has 20 heavy (non-hydrogen) atoms. The van der Waals surface area contributed by atoms with Gasteiger partial charge in [0.05, 0.1) is 5.69 Å². The molecule has 0 atom stereocenters. The number of carbonyl (C=O) groups excluding carboxylic acids is 1. The first-order valence-electron chi connectivity index (χ1n) is 6.19. The Bertz CT molecular complexity index is 773. The number of ether oxygens (including phenoxy) is 1. The van der Waals surface area contributed by atoms with Gasteiger partial charge in [-0.1, -0.05) is 18.2 Å². The Morgan fingerprint density at radius 2 is 2.20 bits per heavy atom. The van der Waals surface area contributed by atoms with Crippen LogP contribution in [0.1, 0.15) is 16.1 Å². The largest absolute Gasteiger partial charge is 0.456 e. The number of aromatic nitrogens is 1. The number of anilines is 1. The second-order valence-electron chi connectivity index (χ2n) is 4.60. The molecule has 0 unspecified atom stereocenters. The van der Waals surface area contributed by atoms with Gasteiger partial charge in [-0.3, -0.25) is 0 Å².